The van der Waals surface area contributed by atoms with Crippen molar-refractivity contribution in [2.45, 2.75) is 45.8 Å². The van der Waals surface area contributed by atoms with Crippen LogP contribution in [0.25, 0.3) is 16.7 Å². The summed E-state index contributed by atoms with van der Waals surface area (Å²) in [6, 6.07) is 17.0. The Morgan fingerprint density at radius 1 is 1.03 bits per heavy atom. The van der Waals surface area contributed by atoms with Gasteiger partial charge in [0.15, 0.2) is 0 Å². The molecule has 1 atom stereocenters. The van der Waals surface area contributed by atoms with E-state index in [1.165, 1.54) is 0 Å². The van der Waals surface area contributed by atoms with Crippen LogP contribution in [0.5, 0.6) is 11.5 Å². The van der Waals surface area contributed by atoms with E-state index in [9.17, 15) is 9.59 Å². The van der Waals surface area contributed by atoms with Crippen molar-refractivity contribution in [3.05, 3.63) is 83.0 Å². The van der Waals surface area contributed by atoms with Crippen molar-refractivity contribution in [1.82, 2.24) is 19.0 Å². The number of aryl methyl sites for hydroxylation is 1. The van der Waals surface area contributed by atoms with E-state index in [0.29, 0.717) is 30.8 Å². The quantitative estimate of drug-likeness (QED) is 0.382. The van der Waals surface area contributed by atoms with Crippen LogP contribution in [0.4, 0.5) is 4.79 Å². The third kappa shape index (κ3) is 4.71. The number of imidazole rings is 1. The molecule has 4 aromatic rings. The molecule has 0 bridgehead atoms. The molecule has 0 N–H and O–H groups in total. The Morgan fingerprint density at radius 2 is 1.81 bits per heavy atom. The Hall–Kier alpha value is -4.07. The summed E-state index contributed by atoms with van der Waals surface area (Å²) in [6.07, 6.45) is 3.70. The molecule has 0 spiro atoms. The van der Waals surface area contributed by atoms with Crippen LogP contribution in [0.2, 0.25) is 0 Å². The maximum Gasteiger partial charge on any atom is 0.410 e. The van der Waals surface area contributed by atoms with Crippen molar-refractivity contribution in [3.63, 3.8) is 0 Å². The fraction of sp³-hybridized carbons (Fsp3) is 0.321. The van der Waals surface area contributed by atoms with Gasteiger partial charge in [-0.25, -0.2) is 9.59 Å². The van der Waals surface area contributed by atoms with E-state index in [4.69, 9.17) is 9.47 Å². The van der Waals surface area contributed by atoms with Crippen molar-refractivity contribution >= 4 is 17.1 Å². The number of carbonyl (C=O) groups is 1. The molecule has 5 rings (SSSR count). The summed E-state index contributed by atoms with van der Waals surface area (Å²) in [5.41, 5.74) is 2.60. The van der Waals surface area contributed by atoms with Gasteiger partial charge < -0.3 is 14.4 Å². The molecule has 8 nitrogen and oxygen atoms in total. The number of carbonyl (C=O) groups excluding carboxylic acids is 1. The molecular formula is C28H30N4O4. The fourth-order valence-electron chi connectivity index (χ4n) is 4.59. The van der Waals surface area contributed by atoms with Crippen molar-refractivity contribution < 1.29 is 14.3 Å². The summed E-state index contributed by atoms with van der Waals surface area (Å²) in [5, 5.41) is 0. The highest BCUT2D eigenvalue weighted by Gasteiger charge is 2.33. The van der Waals surface area contributed by atoms with Crippen LogP contribution in [0.1, 0.15) is 38.8 Å². The number of rotatable bonds is 4. The lowest BCUT2D eigenvalue weighted by molar-refractivity contribution is 0.0289. The van der Waals surface area contributed by atoms with Crippen LogP contribution >= 0.6 is 0 Å². The van der Waals surface area contributed by atoms with Gasteiger partial charge in [0, 0.05) is 19.3 Å². The van der Waals surface area contributed by atoms with Crippen LogP contribution in [-0.2, 0) is 4.74 Å². The second-order valence-electron chi connectivity index (χ2n) is 10.1. The van der Waals surface area contributed by atoms with Gasteiger partial charge in [0.2, 0.25) is 0 Å². The number of aromatic nitrogens is 3. The van der Waals surface area contributed by atoms with Gasteiger partial charge >= 0.3 is 11.8 Å². The minimum atomic E-state index is -0.567. The molecule has 0 unspecified atom stereocenters. The molecule has 1 aliphatic heterocycles. The van der Waals surface area contributed by atoms with Gasteiger partial charge in [-0.1, -0.05) is 12.1 Å². The topological polar surface area (TPSA) is 78.6 Å². The Balaban J connectivity index is 1.45. The predicted octanol–water partition coefficient (Wildman–Crippen LogP) is 5.47. The zero-order chi connectivity index (χ0) is 25.4. The summed E-state index contributed by atoms with van der Waals surface area (Å²) in [5.74, 6) is 1.44. The van der Waals surface area contributed by atoms with Crippen molar-refractivity contribution in [2.75, 3.05) is 13.1 Å². The smallest absolute Gasteiger partial charge is 0.410 e. The third-order valence-electron chi connectivity index (χ3n) is 6.18. The lowest BCUT2D eigenvalue weighted by Gasteiger charge is -2.24. The Morgan fingerprint density at radius 3 is 2.53 bits per heavy atom. The second kappa shape index (κ2) is 9.18. The second-order valence-corrected chi connectivity index (χ2v) is 10.1. The average Bonchev–Trinajstić information content (AvgIpc) is 3.41. The predicted molar refractivity (Wildman–Crippen MR) is 138 cm³/mol. The molecule has 0 aliphatic carbocycles. The van der Waals surface area contributed by atoms with Gasteiger partial charge in [0.1, 0.15) is 17.1 Å². The molecule has 3 heterocycles. The molecule has 2 aromatic carbocycles. The number of ether oxygens (including phenoxy) is 2. The minimum Gasteiger partial charge on any atom is -0.457 e. The van der Waals surface area contributed by atoms with E-state index in [2.05, 4.69) is 4.98 Å². The monoisotopic (exact) mass is 486 g/mol. The lowest BCUT2D eigenvalue weighted by Crippen LogP contribution is -2.36. The van der Waals surface area contributed by atoms with Gasteiger partial charge in [0.05, 0.1) is 29.0 Å². The Kier molecular flexibility index (Phi) is 6.04. The summed E-state index contributed by atoms with van der Waals surface area (Å²) in [6.45, 7) is 8.51. The Labute approximate surface area is 209 Å². The molecule has 2 aromatic heterocycles. The SMILES string of the molecule is Cc1cccc(Oc2ccc(-n3c(=O)n([C@@H]4CCN(C(=O)OC(C)(C)C)C4)c4ccncc43)cc2)c1. The molecule has 1 fully saturated rings. The molecule has 0 radical (unpaired) electrons. The van der Waals surface area contributed by atoms with Gasteiger partial charge in [-0.3, -0.25) is 14.1 Å². The first-order valence-corrected chi connectivity index (χ1v) is 12.1. The number of hydrogen-bond acceptors (Lipinski definition) is 5. The van der Waals surface area contributed by atoms with E-state index in [1.807, 2.05) is 82.3 Å². The van der Waals surface area contributed by atoms with E-state index >= 15 is 0 Å². The first kappa shape index (κ1) is 23.7. The first-order valence-electron chi connectivity index (χ1n) is 12.1. The van der Waals surface area contributed by atoms with Crippen molar-refractivity contribution in [3.8, 4) is 17.2 Å². The van der Waals surface area contributed by atoms with E-state index in [0.717, 1.165) is 22.5 Å². The third-order valence-corrected chi connectivity index (χ3v) is 6.18. The number of nitrogens with zero attached hydrogens (tertiary/aromatic N) is 4. The van der Waals surface area contributed by atoms with Crippen molar-refractivity contribution in [2.24, 2.45) is 0 Å². The van der Waals surface area contributed by atoms with Crippen LogP contribution in [-0.4, -0.2) is 43.8 Å². The fourth-order valence-corrected chi connectivity index (χ4v) is 4.59. The first-order chi connectivity index (χ1) is 17.2. The van der Waals surface area contributed by atoms with Crippen LogP contribution in [0.3, 0.4) is 0 Å². The molecule has 8 heteroatoms. The Bertz CT molecular complexity index is 1460. The van der Waals surface area contributed by atoms with Gasteiger partial charge in [-0.15, -0.1) is 0 Å². The molecule has 1 saturated heterocycles. The van der Waals surface area contributed by atoms with E-state index < -0.39 is 5.60 Å². The highest BCUT2D eigenvalue weighted by Crippen LogP contribution is 2.28. The highest BCUT2D eigenvalue weighted by molar-refractivity contribution is 5.77. The molecule has 1 aliphatic rings. The number of fused-ring (bicyclic) bond motifs is 1. The largest absolute Gasteiger partial charge is 0.457 e. The zero-order valence-corrected chi connectivity index (χ0v) is 21.0. The summed E-state index contributed by atoms with van der Waals surface area (Å²) >= 11 is 0. The molecule has 36 heavy (non-hydrogen) atoms. The molecule has 186 valence electrons. The zero-order valence-electron chi connectivity index (χ0n) is 21.0. The molecule has 1 amide bonds. The summed E-state index contributed by atoms with van der Waals surface area (Å²) < 4.78 is 14.9. The van der Waals surface area contributed by atoms with Crippen molar-refractivity contribution in [1.29, 1.82) is 0 Å². The number of hydrogen-bond donors (Lipinski definition) is 0. The van der Waals surface area contributed by atoms with Crippen LogP contribution in [0.15, 0.2) is 71.8 Å². The van der Waals surface area contributed by atoms with Crippen LogP contribution < -0.4 is 10.4 Å². The number of amides is 1. The lowest BCUT2D eigenvalue weighted by atomic mass is 10.2. The summed E-state index contributed by atoms with van der Waals surface area (Å²) in [4.78, 5) is 32.2. The minimum absolute atomic E-state index is 0.153. The van der Waals surface area contributed by atoms with Gasteiger partial charge in [0.25, 0.3) is 0 Å². The molecule has 0 saturated carbocycles. The van der Waals surface area contributed by atoms with Gasteiger partial charge in [-0.05, 0) is 82.1 Å². The van der Waals surface area contributed by atoms with E-state index in [-0.39, 0.29) is 17.8 Å². The van der Waals surface area contributed by atoms with Gasteiger partial charge in [-0.2, -0.15) is 0 Å². The average molecular weight is 487 g/mol. The maximum absolute atomic E-state index is 13.7. The maximum atomic E-state index is 13.7. The number of pyridine rings is 1. The normalized spacial score (nSPS) is 15.9. The van der Waals surface area contributed by atoms with Crippen LogP contribution in [0, 0.1) is 6.92 Å². The number of likely N-dealkylation sites (tertiary alicyclic amines) is 1. The standard InChI is InChI=1S/C28H30N4O4/c1-19-6-5-7-23(16-19)35-22-10-8-20(9-11-22)31-25-17-29-14-12-24(25)32(26(31)33)21-13-15-30(18-21)27(34)36-28(2,3)4/h5-12,14,16-17,21H,13,15,18H2,1-4H3/t21-/m1/s1. The number of benzene rings is 2. The summed E-state index contributed by atoms with van der Waals surface area (Å²) in [7, 11) is 0. The molecular weight excluding hydrogens is 456 g/mol. The highest BCUT2D eigenvalue weighted by atomic mass is 16.6. The van der Waals surface area contributed by atoms with E-state index in [1.54, 1.807) is 26.4 Å².